The predicted molar refractivity (Wildman–Crippen MR) is 140 cm³/mol. The molecule has 0 fully saturated rings. The van der Waals surface area contributed by atoms with Crippen molar-refractivity contribution in [3.05, 3.63) is 33.4 Å². The fraction of sp³-hybridized carbons (Fsp3) is 0.679. The van der Waals surface area contributed by atoms with Crippen molar-refractivity contribution in [2.24, 2.45) is 5.41 Å². The van der Waals surface area contributed by atoms with E-state index in [4.69, 9.17) is 4.74 Å². The molecule has 2 atom stereocenters. The number of hydrogen-bond acceptors (Lipinski definition) is 5. The molecule has 0 aliphatic heterocycles. The molecule has 7 heteroatoms. The number of ether oxygens (including phenoxy) is 1. The maximum atomic E-state index is 13.1. The lowest BCUT2D eigenvalue weighted by Crippen LogP contribution is -2.60. The first-order valence-corrected chi connectivity index (χ1v) is 12.2. The molecule has 7 nitrogen and oxygen atoms in total. The summed E-state index contributed by atoms with van der Waals surface area (Å²) >= 11 is 0. The van der Waals surface area contributed by atoms with Crippen molar-refractivity contribution in [3.63, 3.8) is 0 Å². The van der Waals surface area contributed by atoms with E-state index in [9.17, 15) is 19.5 Å². The maximum Gasteiger partial charge on any atom is 0.330 e. The van der Waals surface area contributed by atoms with Crippen LogP contribution in [0.25, 0.3) is 0 Å². The lowest BCUT2D eigenvalue weighted by Gasteiger charge is -2.49. The highest BCUT2D eigenvalue weighted by molar-refractivity contribution is 5.91. The summed E-state index contributed by atoms with van der Waals surface area (Å²) in [4.78, 5) is 36.7. The Labute approximate surface area is 211 Å². The first-order valence-electron chi connectivity index (χ1n) is 12.2. The van der Waals surface area contributed by atoms with Crippen LogP contribution in [0.4, 0.5) is 0 Å². The first kappa shape index (κ1) is 30.6. The summed E-state index contributed by atoms with van der Waals surface area (Å²) in [5, 5.41) is 15.4. The number of carbonyl (C=O) groups is 3. The van der Waals surface area contributed by atoms with Gasteiger partial charge in [-0.1, -0.05) is 27.7 Å². The molecule has 0 aliphatic rings. The zero-order chi connectivity index (χ0) is 27.7. The number of hydrogen-bond donors (Lipinski definition) is 3. The molecule has 3 N–H and O–H groups in total. The van der Waals surface area contributed by atoms with Crippen LogP contribution in [-0.4, -0.2) is 47.7 Å². The lowest BCUT2D eigenvalue weighted by molar-refractivity contribution is -0.150. The summed E-state index contributed by atoms with van der Waals surface area (Å²) < 4.78 is 4.77. The molecule has 0 aliphatic carbocycles. The van der Waals surface area contributed by atoms with E-state index in [2.05, 4.69) is 72.9 Å². The normalized spacial score (nSPS) is 14.3. The van der Waals surface area contributed by atoms with Crippen molar-refractivity contribution < 1.29 is 24.2 Å². The van der Waals surface area contributed by atoms with Crippen molar-refractivity contribution in [3.8, 4) is 0 Å². The van der Waals surface area contributed by atoms with E-state index in [0.29, 0.717) is 0 Å². The van der Waals surface area contributed by atoms with Crippen LogP contribution < -0.4 is 10.6 Å². The zero-order valence-corrected chi connectivity index (χ0v) is 23.9. The van der Waals surface area contributed by atoms with Gasteiger partial charge >= 0.3 is 11.9 Å². The molecule has 35 heavy (non-hydrogen) atoms. The van der Waals surface area contributed by atoms with Crippen molar-refractivity contribution in [1.29, 1.82) is 0 Å². The molecule has 0 radical (unpaired) electrons. The van der Waals surface area contributed by atoms with Crippen LogP contribution in [0.15, 0.2) is 0 Å². The highest BCUT2D eigenvalue weighted by Gasteiger charge is 2.45. The smallest absolute Gasteiger partial charge is 0.330 e. The minimum absolute atomic E-state index is 0.241. The first-order chi connectivity index (χ1) is 15.7. The number of carbonyl (C=O) groups excluding carboxylic acids is 2. The molecule has 0 aromatic heterocycles. The van der Waals surface area contributed by atoms with Crippen LogP contribution in [-0.2, 0) is 24.5 Å². The van der Waals surface area contributed by atoms with Gasteiger partial charge in [-0.05, 0) is 99.6 Å². The van der Waals surface area contributed by atoms with E-state index in [-0.39, 0.29) is 16.9 Å². The van der Waals surface area contributed by atoms with Crippen molar-refractivity contribution in [1.82, 2.24) is 10.6 Å². The van der Waals surface area contributed by atoms with Gasteiger partial charge in [-0.25, -0.2) is 4.79 Å². The van der Waals surface area contributed by atoms with E-state index in [1.165, 1.54) is 54.3 Å². The third kappa shape index (κ3) is 6.05. The van der Waals surface area contributed by atoms with Crippen LogP contribution in [0.2, 0.25) is 0 Å². The molecule has 0 saturated heterocycles. The average Bonchev–Trinajstić information content (AvgIpc) is 2.74. The number of benzene rings is 1. The Morgan fingerprint density at radius 3 is 1.69 bits per heavy atom. The average molecular weight is 491 g/mol. The summed E-state index contributed by atoms with van der Waals surface area (Å²) in [5.74, 6) is -2.27. The molecule has 1 aromatic rings. The molecule has 1 amide bonds. The van der Waals surface area contributed by atoms with Crippen molar-refractivity contribution >= 4 is 17.8 Å². The molecule has 198 valence electrons. The minimum atomic E-state index is -1.28. The SMILES string of the molecule is COC(=O)C(C)(C)NC(=O)C(CC(=O)O)NC(C)C(C)(C)C(C)(C)c1c(C)c(C)c(C)c(C)c1C. The van der Waals surface area contributed by atoms with Gasteiger partial charge in [0.2, 0.25) is 5.91 Å². The highest BCUT2D eigenvalue weighted by atomic mass is 16.5. The fourth-order valence-corrected chi connectivity index (χ4v) is 4.91. The van der Waals surface area contributed by atoms with Crippen LogP contribution in [0, 0.1) is 40.0 Å². The highest BCUT2D eigenvalue weighted by Crippen LogP contribution is 2.47. The summed E-state index contributed by atoms with van der Waals surface area (Å²) in [6.07, 6.45) is -0.412. The maximum absolute atomic E-state index is 13.1. The van der Waals surface area contributed by atoms with Gasteiger partial charge in [0.1, 0.15) is 5.54 Å². The Morgan fingerprint density at radius 1 is 0.857 bits per heavy atom. The number of amides is 1. The van der Waals surface area contributed by atoms with E-state index in [0.717, 1.165) is 0 Å². The molecule has 0 saturated carbocycles. The molecule has 1 aromatic carbocycles. The lowest BCUT2D eigenvalue weighted by atomic mass is 9.58. The summed E-state index contributed by atoms with van der Waals surface area (Å²) in [5.41, 5.74) is 5.68. The van der Waals surface area contributed by atoms with Gasteiger partial charge in [0.25, 0.3) is 0 Å². The number of methoxy groups -OCH3 is 1. The van der Waals surface area contributed by atoms with E-state index >= 15 is 0 Å². The van der Waals surface area contributed by atoms with Crippen LogP contribution in [0.5, 0.6) is 0 Å². The van der Waals surface area contributed by atoms with Crippen LogP contribution in [0.3, 0.4) is 0 Å². The van der Waals surface area contributed by atoms with Gasteiger partial charge in [0.05, 0.1) is 19.6 Å². The Hall–Kier alpha value is -2.41. The third-order valence-electron chi connectivity index (χ3n) is 8.60. The second-order valence-corrected chi connectivity index (χ2v) is 11.5. The van der Waals surface area contributed by atoms with E-state index < -0.39 is 35.8 Å². The molecular weight excluding hydrogens is 444 g/mol. The van der Waals surface area contributed by atoms with Gasteiger partial charge in [0, 0.05) is 6.04 Å². The zero-order valence-electron chi connectivity index (χ0n) is 23.9. The Kier molecular flexibility index (Phi) is 9.35. The van der Waals surface area contributed by atoms with Crippen LogP contribution >= 0.6 is 0 Å². The second kappa shape index (κ2) is 10.7. The van der Waals surface area contributed by atoms with Gasteiger partial charge in [-0.2, -0.15) is 0 Å². The number of carboxylic acids is 1. The fourth-order valence-electron chi connectivity index (χ4n) is 4.91. The van der Waals surface area contributed by atoms with Crippen molar-refractivity contribution in [2.75, 3.05) is 7.11 Å². The van der Waals surface area contributed by atoms with Crippen LogP contribution in [0.1, 0.15) is 88.3 Å². The van der Waals surface area contributed by atoms with E-state index in [1.807, 2.05) is 6.92 Å². The summed E-state index contributed by atoms with van der Waals surface area (Å²) in [6.45, 7) is 24.5. The quantitative estimate of drug-likeness (QED) is 0.419. The van der Waals surface area contributed by atoms with Gasteiger partial charge in [-0.3, -0.25) is 9.59 Å². The topological polar surface area (TPSA) is 105 Å². The number of aliphatic carboxylic acids is 1. The van der Waals surface area contributed by atoms with Gasteiger partial charge in [0.15, 0.2) is 0 Å². The summed E-state index contributed by atoms with van der Waals surface area (Å²) in [6, 6.07) is -1.26. The predicted octanol–water partition coefficient (Wildman–Crippen LogP) is 4.42. The second-order valence-electron chi connectivity index (χ2n) is 11.5. The number of carboxylic acid groups (broad SMARTS) is 1. The monoisotopic (exact) mass is 490 g/mol. The Bertz CT molecular complexity index is 963. The molecule has 0 heterocycles. The Balaban J connectivity index is 3.41. The van der Waals surface area contributed by atoms with E-state index in [1.54, 1.807) is 0 Å². The molecule has 0 spiro atoms. The number of esters is 1. The Morgan fingerprint density at radius 2 is 1.29 bits per heavy atom. The third-order valence-corrected chi connectivity index (χ3v) is 8.60. The molecule has 0 bridgehead atoms. The van der Waals surface area contributed by atoms with Gasteiger partial charge in [-0.15, -0.1) is 0 Å². The molecular formula is C28H46N2O5. The minimum Gasteiger partial charge on any atom is -0.481 e. The van der Waals surface area contributed by atoms with Gasteiger partial charge < -0.3 is 20.5 Å². The number of nitrogens with one attached hydrogen (secondary N) is 2. The summed E-state index contributed by atoms with van der Waals surface area (Å²) in [7, 11) is 1.24. The number of rotatable bonds is 10. The molecule has 1 rings (SSSR count). The van der Waals surface area contributed by atoms with Crippen molar-refractivity contribution in [2.45, 2.75) is 113 Å². The standard InChI is InChI=1S/C28H46N2O5/c1-15-16(2)18(4)23(19(5)17(15)3)27(9,10)26(7,8)20(6)29-21(14-22(31)32)24(33)30-28(11,12)25(34)35-13/h20-21,29H,14H2,1-13H3,(H,30,33)(H,31,32). The largest absolute Gasteiger partial charge is 0.481 e. The molecule has 2 unspecified atom stereocenters.